The predicted octanol–water partition coefficient (Wildman–Crippen LogP) is 6.05. The summed E-state index contributed by atoms with van der Waals surface area (Å²) >= 11 is 6.14. The Hall–Kier alpha value is -2.65. The number of benzene rings is 3. The molecule has 0 amide bonds. The second kappa shape index (κ2) is 7.30. The van der Waals surface area contributed by atoms with E-state index in [0.717, 1.165) is 17.5 Å². The summed E-state index contributed by atoms with van der Waals surface area (Å²) < 4.78 is 19.8. The molecular weight excluding hydrogens is 349 g/mol. The van der Waals surface area contributed by atoms with Crippen molar-refractivity contribution in [1.82, 2.24) is 0 Å². The maximum atomic E-state index is 14.2. The first kappa shape index (κ1) is 16.8. The molecule has 3 aromatic carbocycles. The molecule has 0 bridgehead atoms. The largest absolute Gasteiger partial charge is 0.477 e. The number of rotatable bonds is 3. The van der Waals surface area contributed by atoms with E-state index in [1.54, 1.807) is 12.1 Å². The lowest BCUT2D eigenvalue weighted by molar-refractivity contribution is 0.261. The summed E-state index contributed by atoms with van der Waals surface area (Å²) in [6.07, 6.45) is 0.750. The van der Waals surface area contributed by atoms with Crippen molar-refractivity contribution in [3.63, 3.8) is 0 Å². The van der Waals surface area contributed by atoms with Gasteiger partial charge in [-0.3, -0.25) is 0 Å². The van der Waals surface area contributed by atoms with Crippen LogP contribution in [0, 0.1) is 5.82 Å². The number of aliphatic imine (C=N–C) groups is 1. The van der Waals surface area contributed by atoms with Crippen molar-refractivity contribution in [2.75, 3.05) is 6.61 Å². The SMILES string of the molecule is Fc1cccc(Cl)c1C1=NC(c2ccc(-c3ccccc3)cc2)CCO1. The lowest BCUT2D eigenvalue weighted by atomic mass is 9.99. The molecular formula is C22H17ClFNO. The summed E-state index contributed by atoms with van der Waals surface area (Å²) in [6, 6.07) is 23.1. The number of halogens is 2. The normalized spacial score (nSPS) is 16.7. The highest BCUT2D eigenvalue weighted by Gasteiger charge is 2.23. The molecule has 0 saturated carbocycles. The number of ether oxygens (including phenoxy) is 1. The molecule has 0 radical (unpaired) electrons. The first-order valence-corrected chi connectivity index (χ1v) is 8.90. The van der Waals surface area contributed by atoms with Gasteiger partial charge in [-0.15, -0.1) is 0 Å². The second-order valence-corrected chi connectivity index (χ2v) is 6.58. The quantitative estimate of drug-likeness (QED) is 0.553. The molecule has 26 heavy (non-hydrogen) atoms. The van der Waals surface area contributed by atoms with Crippen LogP contribution in [0.2, 0.25) is 5.02 Å². The molecule has 1 heterocycles. The molecule has 0 N–H and O–H groups in total. The molecule has 0 aromatic heterocycles. The molecule has 3 aromatic rings. The van der Waals surface area contributed by atoms with Crippen molar-refractivity contribution in [2.45, 2.75) is 12.5 Å². The zero-order valence-corrected chi connectivity index (χ0v) is 14.8. The highest BCUT2D eigenvalue weighted by Crippen LogP contribution is 2.30. The molecule has 130 valence electrons. The van der Waals surface area contributed by atoms with Crippen molar-refractivity contribution in [3.05, 3.63) is 94.8 Å². The van der Waals surface area contributed by atoms with Crippen molar-refractivity contribution in [1.29, 1.82) is 0 Å². The Morgan fingerprint density at radius 3 is 2.35 bits per heavy atom. The maximum absolute atomic E-state index is 14.2. The lowest BCUT2D eigenvalue weighted by Crippen LogP contribution is -2.19. The minimum Gasteiger partial charge on any atom is -0.477 e. The summed E-state index contributed by atoms with van der Waals surface area (Å²) in [5, 5.41) is 0.309. The summed E-state index contributed by atoms with van der Waals surface area (Å²) in [6.45, 7) is 0.481. The Morgan fingerprint density at radius 2 is 1.62 bits per heavy atom. The first-order valence-electron chi connectivity index (χ1n) is 8.53. The number of hydrogen-bond donors (Lipinski definition) is 0. The fraction of sp³-hybridized carbons (Fsp3) is 0.136. The van der Waals surface area contributed by atoms with Crippen LogP contribution in [0.1, 0.15) is 23.6 Å². The van der Waals surface area contributed by atoms with E-state index in [1.165, 1.54) is 11.6 Å². The molecule has 1 unspecified atom stereocenters. The molecule has 1 atom stereocenters. The average molecular weight is 366 g/mol. The summed E-state index contributed by atoms with van der Waals surface area (Å²) in [4.78, 5) is 4.62. The highest BCUT2D eigenvalue weighted by molar-refractivity contribution is 6.33. The van der Waals surface area contributed by atoms with Crippen LogP contribution < -0.4 is 0 Å². The average Bonchev–Trinajstić information content (AvgIpc) is 2.69. The number of nitrogens with zero attached hydrogens (tertiary/aromatic N) is 1. The van der Waals surface area contributed by atoms with E-state index in [4.69, 9.17) is 16.3 Å². The summed E-state index contributed by atoms with van der Waals surface area (Å²) in [5.74, 6) is -0.146. The topological polar surface area (TPSA) is 21.6 Å². The monoisotopic (exact) mass is 365 g/mol. The van der Waals surface area contributed by atoms with Crippen LogP contribution in [0.5, 0.6) is 0 Å². The molecule has 0 aliphatic carbocycles. The van der Waals surface area contributed by atoms with Gasteiger partial charge in [0.25, 0.3) is 0 Å². The van der Waals surface area contributed by atoms with E-state index in [2.05, 4.69) is 41.4 Å². The van der Waals surface area contributed by atoms with E-state index in [0.29, 0.717) is 11.6 Å². The van der Waals surface area contributed by atoms with Crippen LogP contribution in [0.25, 0.3) is 11.1 Å². The van der Waals surface area contributed by atoms with E-state index < -0.39 is 5.82 Å². The third-order valence-electron chi connectivity index (χ3n) is 4.48. The number of hydrogen-bond acceptors (Lipinski definition) is 2. The van der Waals surface area contributed by atoms with Gasteiger partial charge in [0.15, 0.2) is 0 Å². The van der Waals surface area contributed by atoms with Crippen LogP contribution in [-0.4, -0.2) is 12.5 Å². The minimum atomic E-state index is -0.420. The van der Waals surface area contributed by atoms with Gasteiger partial charge in [-0.05, 0) is 28.8 Å². The van der Waals surface area contributed by atoms with Crippen molar-refractivity contribution < 1.29 is 9.13 Å². The van der Waals surface area contributed by atoms with Gasteiger partial charge in [0.2, 0.25) is 5.90 Å². The molecule has 4 rings (SSSR count). The van der Waals surface area contributed by atoms with Crippen molar-refractivity contribution in [3.8, 4) is 11.1 Å². The molecule has 4 heteroatoms. The third-order valence-corrected chi connectivity index (χ3v) is 4.80. The van der Waals surface area contributed by atoms with E-state index in [1.807, 2.05) is 18.2 Å². The fourth-order valence-corrected chi connectivity index (χ4v) is 3.36. The fourth-order valence-electron chi connectivity index (χ4n) is 3.12. The van der Waals surface area contributed by atoms with E-state index >= 15 is 0 Å². The molecule has 0 fully saturated rings. The molecule has 1 aliphatic rings. The molecule has 2 nitrogen and oxygen atoms in total. The first-order chi connectivity index (χ1) is 12.7. The van der Waals surface area contributed by atoms with Crippen molar-refractivity contribution in [2.24, 2.45) is 4.99 Å². The van der Waals surface area contributed by atoms with Gasteiger partial charge in [-0.25, -0.2) is 9.38 Å². The Morgan fingerprint density at radius 1 is 0.885 bits per heavy atom. The van der Waals surface area contributed by atoms with Gasteiger partial charge in [0, 0.05) is 6.42 Å². The van der Waals surface area contributed by atoms with Gasteiger partial charge in [0.1, 0.15) is 5.82 Å². The maximum Gasteiger partial charge on any atom is 0.221 e. The van der Waals surface area contributed by atoms with Gasteiger partial charge < -0.3 is 4.74 Å². The smallest absolute Gasteiger partial charge is 0.221 e. The minimum absolute atomic E-state index is 0.0701. The Labute approximate surface area is 156 Å². The zero-order chi connectivity index (χ0) is 17.9. The zero-order valence-electron chi connectivity index (χ0n) is 14.0. The highest BCUT2D eigenvalue weighted by atomic mass is 35.5. The summed E-state index contributed by atoms with van der Waals surface area (Å²) in [7, 11) is 0. The van der Waals surface area contributed by atoms with Crippen LogP contribution in [0.15, 0.2) is 77.8 Å². The van der Waals surface area contributed by atoms with E-state index in [-0.39, 0.29) is 17.5 Å². The van der Waals surface area contributed by atoms with Gasteiger partial charge in [0.05, 0.1) is 23.2 Å². The Bertz CT molecular complexity index is 918. The lowest BCUT2D eigenvalue weighted by Gasteiger charge is -2.22. The van der Waals surface area contributed by atoms with Gasteiger partial charge in [-0.2, -0.15) is 0 Å². The second-order valence-electron chi connectivity index (χ2n) is 6.17. The molecule has 0 saturated heterocycles. The van der Waals surface area contributed by atoms with Crippen LogP contribution >= 0.6 is 11.6 Å². The van der Waals surface area contributed by atoms with Crippen LogP contribution in [-0.2, 0) is 4.74 Å². The molecule has 1 aliphatic heterocycles. The van der Waals surface area contributed by atoms with Crippen LogP contribution in [0.3, 0.4) is 0 Å². The molecule has 0 spiro atoms. The van der Waals surface area contributed by atoms with Gasteiger partial charge >= 0.3 is 0 Å². The van der Waals surface area contributed by atoms with Gasteiger partial charge in [-0.1, -0.05) is 72.3 Å². The van der Waals surface area contributed by atoms with Crippen molar-refractivity contribution >= 4 is 17.5 Å². The van der Waals surface area contributed by atoms with Crippen LogP contribution in [0.4, 0.5) is 4.39 Å². The Balaban J connectivity index is 1.64. The predicted molar refractivity (Wildman–Crippen MR) is 103 cm³/mol. The Kier molecular flexibility index (Phi) is 4.72. The third kappa shape index (κ3) is 3.35. The standard InChI is InChI=1S/C22H17ClFNO/c23-18-7-4-8-19(24)21(18)22-25-20(13-14-26-22)17-11-9-16(10-12-17)15-5-2-1-3-6-15/h1-12,20H,13-14H2. The summed E-state index contributed by atoms with van der Waals surface area (Å²) in [5.41, 5.74) is 3.65. The van der Waals surface area contributed by atoms with E-state index in [9.17, 15) is 4.39 Å².